The molecule has 1 aromatic carbocycles. The molecule has 2 N–H and O–H groups in total. The van der Waals surface area contributed by atoms with Gasteiger partial charge in [0.1, 0.15) is 13.2 Å². The monoisotopic (exact) mass is 316 g/mol. The highest BCUT2D eigenvalue weighted by Crippen LogP contribution is 2.41. The molecule has 1 unspecified atom stereocenters. The fraction of sp³-hybridized carbons (Fsp3) is 0.389. The van der Waals surface area contributed by atoms with Crippen molar-refractivity contribution in [3.8, 4) is 22.6 Å². The van der Waals surface area contributed by atoms with E-state index in [9.17, 15) is 4.39 Å². The maximum Gasteiger partial charge on any atom is 0.207 e. The van der Waals surface area contributed by atoms with Crippen LogP contribution in [0, 0.1) is 11.7 Å². The first-order valence-electron chi connectivity index (χ1n) is 7.83. The first-order valence-corrected chi connectivity index (χ1v) is 7.83. The predicted octanol–water partition coefficient (Wildman–Crippen LogP) is 3.53. The minimum atomic E-state index is -0.471. The fourth-order valence-corrected chi connectivity index (χ4v) is 2.83. The molecule has 0 fully saturated rings. The van der Waals surface area contributed by atoms with Gasteiger partial charge in [-0.15, -0.1) is 0 Å². The van der Waals surface area contributed by atoms with E-state index < -0.39 is 5.82 Å². The van der Waals surface area contributed by atoms with E-state index in [0.717, 1.165) is 23.1 Å². The minimum absolute atomic E-state index is 0.113. The summed E-state index contributed by atoms with van der Waals surface area (Å²) in [6.45, 7) is 4.79. The van der Waals surface area contributed by atoms with Crippen LogP contribution in [-0.4, -0.2) is 17.6 Å². The van der Waals surface area contributed by atoms with Crippen molar-refractivity contribution in [2.24, 2.45) is 11.7 Å². The van der Waals surface area contributed by atoms with Gasteiger partial charge in [-0.1, -0.05) is 13.8 Å². The largest absolute Gasteiger partial charge is 0.489 e. The first kappa shape index (κ1) is 15.7. The summed E-state index contributed by atoms with van der Waals surface area (Å²) in [5.41, 5.74) is 8.61. The van der Waals surface area contributed by atoms with Crippen molar-refractivity contribution >= 4 is 0 Å². The average molecular weight is 316 g/mol. The second kappa shape index (κ2) is 6.54. The van der Waals surface area contributed by atoms with Gasteiger partial charge in [-0.05, 0) is 36.1 Å². The third kappa shape index (κ3) is 3.29. The van der Waals surface area contributed by atoms with Crippen molar-refractivity contribution in [3.05, 3.63) is 42.0 Å². The van der Waals surface area contributed by atoms with Crippen LogP contribution < -0.4 is 15.2 Å². The third-order valence-electron chi connectivity index (χ3n) is 3.85. The van der Waals surface area contributed by atoms with E-state index in [1.54, 1.807) is 18.5 Å². The molecule has 1 aliphatic rings. The summed E-state index contributed by atoms with van der Waals surface area (Å²) < 4.78 is 25.8. The Kier molecular flexibility index (Phi) is 4.48. The Labute approximate surface area is 135 Å². The molecule has 23 heavy (non-hydrogen) atoms. The van der Waals surface area contributed by atoms with Crippen molar-refractivity contribution in [1.29, 1.82) is 0 Å². The fourth-order valence-electron chi connectivity index (χ4n) is 2.83. The van der Waals surface area contributed by atoms with E-state index in [1.807, 2.05) is 12.1 Å². The molecule has 1 aliphatic heterocycles. The van der Waals surface area contributed by atoms with Gasteiger partial charge in [0.05, 0.1) is 0 Å². The van der Waals surface area contributed by atoms with Crippen molar-refractivity contribution in [1.82, 2.24) is 4.98 Å². The Bertz CT molecular complexity index is 703. The van der Waals surface area contributed by atoms with E-state index in [0.29, 0.717) is 12.5 Å². The van der Waals surface area contributed by atoms with Crippen LogP contribution >= 0.6 is 0 Å². The molecule has 3 rings (SSSR count). The molecule has 1 aromatic heterocycles. The van der Waals surface area contributed by atoms with Crippen LogP contribution in [0.15, 0.2) is 30.6 Å². The molecule has 0 amide bonds. The second-order valence-electron chi connectivity index (χ2n) is 6.28. The van der Waals surface area contributed by atoms with Gasteiger partial charge in [-0.3, -0.25) is 4.98 Å². The van der Waals surface area contributed by atoms with Gasteiger partial charge in [0.2, 0.25) is 5.82 Å². The minimum Gasteiger partial charge on any atom is -0.489 e. The Hall–Kier alpha value is -2.14. The van der Waals surface area contributed by atoms with Crippen LogP contribution in [-0.2, 0) is 6.61 Å². The van der Waals surface area contributed by atoms with Crippen molar-refractivity contribution in [2.45, 2.75) is 32.9 Å². The molecule has 0 aliphatic carbocycles. The lowest BCUT2D eigenvalue weighted by molar-refractivity contribution is 0.246. The molecule has 122 valence electrons. The quantitative estimate of drug-likeness (QED) is 0.917. The Morgan fingerprint density at radius 3 is 2.91 bits per heavy atom. The number of rotatable bonds is 5. The van der Waals surface area contributed by atoms with E-state index in [4.69, 9.17) is 15.2 Å². The van der Waals surface area contributed by atoms with Crippen LogP contribution in [0.4, 0.5) is 4.39 Å². The van der Waals surface area contributed by atoms with Crippen LogP contribution in [0.5, 0.6) is 11.5 Å². The molecule has 0 bridgehead atoms. The summed E-state index contributed by atoms with van der Waals surface area (Å²) in [5.74, 6) is 0.427. The Morgan fingerprint density at radius 1 is 1.30 bits per heavy atom. The van der Waals surface area contributed by atoms with E-state index in [2.05, 4.69) is 18.8 Å². The van der Waals surface area contributed by atoms with Gasteiger partial charge in [-0.25, -0.2) is 0 Å². The first-order chi connectivity index (χ1) is 11.1. The van der Waals surface area contributed by atoms with E-state index >= 15 is 0 Å². The van der Waals surface area contributed by atoms with Gasteiger partial charge >= 0.3 is 0 Å². The number of hydrogen-bond acceptors (Lipinski definition) is 4. The smallest absolute Gasteiger partial charge is 0.207 e. The number of nitrogens with two attached hydrogens (primary N) is 1. The van der Waals surface area contributed by atoms with E-state index in [-0.39, 0.29) is 24.1 Å². The lowest BCUT2D eigenvalue weighted by Crippen LogP contribution is -2.29. The lowest BCUT2D eigenvalue weighted by Gasteiger charge is -2.22. The zero-order chi connectivity index (χ0) is 16.4. The molecule has 5 heteroatoms. The maximum atomic E-state index is 14.7. The summed E-state index contributed by atoms with van der Waals surface area (Å²) in [4.78, 5) is 4.07. The third-order valence-corrected chi connectivity index (χ3v) is 3.85. The van der Waals surface area contributed by atoms with Crippen molar-refractivity contribution in [2.75, 3.05) is 6.61 Å². The number of pyridine rings is 1. The number of fused-ring (bicyclic) bond motifs is 3. The van der Waals surface area contributed by atoms with Crippen LogP contribution in [0.3, 0.4) is 0 Å². The highest BCUT2D eigenvalue weighted by atomic mass is 19.1. The van der Waals surface area contributed by atoms with Crippen LogP contribution in [0.1, 0.15) is 25.8 Å². The second-order valence-corrected chi connectivity index (χ2v) is 6.28. The number of nitrogens with zero attached hydrogens (tertiary/aromatic N) is 1. The summed E-state index contributed by atoms with van der Waals surface area (Å²) in [6.07, 6.45) is 4.27. The molecular formula is C18H21FN2O2. The summed E-state index contributed by atoms with van der Waals surface area (Å²) in [7, 11) is 0. The lowest BCUT2D eigenvalue weighted by atomic mass is 9.98. The van der Waals surface area contributed by atoms with Gasteiger partial charge in [0.25, 0.3) is 0 Å². The van der Waals surface area contributed by atoms with E-state index in [1.165, 1.54) is 0 Å². The maximum absolute atomic E-state index is 14.7. The van der Waals surface area contributed by atoms with Gasteiger partial charge in [-0.2, -0.15) is 4.39 Å². The molecule has 0 radical (unpaired) electrons. The standard InChI is InChI=1S/C18H21FN2O2/c1-11(2)7-13(20)10-22-16-4-3-15-14-5-6-21-8-12(14)9-23-18(15)17(16)19/h3-6,8,11,13H,7,9-10,20H2,1-2H3. The molecular weight excluding hydrogens is 295 g/mol. The molecule has 2 aromatic rings. The number of halogens is 1. The number of ether oxygens (including phenoxy) is 2. The molecule has 0 saturated carbocycles. The number of benzene rings is 1. The van der Waals surface area contributed by atoms with Crippen LogP contribution in [0.25, 0.3) is 11.1 Å². The summed E-state index contributed by atoms with van der Waals surface area (Å²) in [5, 5.41) is 0. The molecule has 4 nitrogen and oxygen atoms in total. The molecule has 0 saturated heterocycles. The molecule has 2 heterocycles. The predicted molar refractivity (Wildman–Crippen MR) is 86.9 cm³/mol. The summed E-state index contributed by atoms with van der Waals surface area (Å²) in [6, 6.07) is 5.21. The zero-order valence-electron chi connectivity index (χ0n) is 13.4. The number of aromatic nitrogens is 1. The van der Waals surface area contributed by atoms with Gasteiger partial charge in [0, 0.05) is 29.6 Å². The average Bonchev–Trinajstić information content (AvgIpc) is 2.53. The Morgan fingerprint density at radius 2 is 2.13 bits per heavy atom. The topological polar surface area (TPSA) is 57.4 Å². The zero-order valence-corrected chi connectivity index (χ0v) is 13.4. The normalized spacial score (nSPS) is 14.0. The summed E-state index contributed by atoms with van der Waals surface area (Å²) >= 11 is 0. The molecule has 1 atom stereocenters. The molecule has 0 spiro atoms. The van der Waals surface area contributed by atoms with Gasteiger partial charge < -0.3 is 15.2 Å². The van der Waals surface area contributed by atoms with Crippen molar-refractivity contribution < 1.29 is 13.9 Å². The van der Waals surface area contributed by atoms with Gasteiger partial charge in [0.15, 0.2) is 11.5 Å². The van der Waals surface area contributed by atoms with Crippen LogP contribution in [0.2, 0.25) is 0 Å². The van der Waals surface area contributed by atoms with Crippen molar-refractivity contribution in [3.63, 3.8) is 0 Å². The SMILES string of the molecule is CC(C)CC(N)COc1ccc2c(c1F)OCc1cnccc1-2. The Balaban J connectivity index is 1.81. The highest BCUT2D eigenvalue weighted by molar-refractivity contribution is 5.75. The highest BCUT2D eigenvalue weighted by Gasteiger charge is 2.23. The number of hydrogen-bond donors (Lipinski definition) is 1.